The van der Waals surface area contributed by atoms with Crippen molar-refractivity contribution in [1.29, 1.82) is 0 Å². The summed E-state index contributed by atoms with van der Waals surface area (Å²) < 4.78 is 49.5. The van der Waals surface area contributed by atoms with Gasteiger partial charge >= 0.3 is 5.97 Å². The summed E-state index contributed by atoms with van der Waals surface area (Å²) in [5, 5.41) is 0. The van der Waals surface area contributed by atoms with E-state index in [1.165, 1.54) is 12.1 Å². The number of rotatable bonds is 7. The van der Waals surface area contributed by atoms with E-state index in [0.29, 0.717) is 18.4 Å². The molecule has 0 spiro atoms. The van der Waals surface area contributed by atoms with E-state index < -0.39 is 23.2 Å². The van der Waals surface area contributed by atoms with Crippen LogP contribution in [-0.2, 0) is 17.6 Å². The summed E-state index contributed by atoms with van der Waals surface area (Å²) in [6.45, 7) is 4.04. The van der Waals surface area contributed by atoms with Crippen molar-refractivity contribution in [3.63, 3.8) is 0 Å². The molecule has 3 aromatic rings. The molecular formula is C30H31F3O2. The highest BCUT2D eigenvalue weighted by atomic mass is 19.2. The number of aryl methyl sites for hydroxylation is 2. The first-order valence-electron chi connectivity index (χ1n) is 12.5. The molecule has 1 saturated carbocycles. The molecule has 0 unspecified atom stereocenters. The number of ether oxygens (including phenoxy) is 1. The van der Waals surface area contributed by atoms with Crippen molar-refractivity contribution in [2.75, 3.05) is 0 Å². The van der Waals surface area contributed by atoms with Gasteiger partial charge in [-0.15, -0.1) is 0 Å². The van der Waals surface area contributed by atoms with Crippen molar-refractivity contribution >= 4 is 5.97 Å². The standard InChI is InChI=1S/C30H31F3O2/c1-3-5-22-10-11-23(18-27(22)31)20-12-14-24(15-13-20)35-30(34)26-17-16-25(28(32)29(26)33)21-8-6-19(4-2)7-9-21/h6-11,16-18,20,24H,3-5,12-15H2,1-2H3. The maximum atomic E-state index is 14.8. The van der Waals surface area contributed by atoms with Crippen molar-refractivity contribution < 1.29 is 22.7 Å². The molecule has 0 heterocycles. The summed E-state index contributed by atoms with van der Waals surface area (Å²) in [6.07, 6.45) is 4.78. The molecule has 1 aliphatic rings. The second-order valence-electron chi connectivity index (χ2n) is 9.32. The molecule has 2 nitrogen and oxygen atoms in total. The van der Waals surface area contributed by atoms with Gasteiger partial charge in [-0.2, -0.15) is 0 Å². The van der Waals surface area contributed by atoms with Gasteiger partial charge in [0.2, 0.25) is 0 Å². The number of hydrogen-bond donors (Lipinski definition) is 0. The Hall–Kier alpha value is -3.08. The zero-order chi connectivity index (χ0) is 24.9. The SMILES string of the molecule is CCCc1ccc(C2CCC(OC(=O)c3ccc(-c4ccc(CC)cc4)c(F)c3F)CC2)cc1F. The van der Waals surface area contributed by atoms with Gasteiger partial charge in [0.25, 0.3) is 0 Å². The average Bonchev–Trinajstić information content (AvgIpc) is 2.87. The highest BCUT2D eigenvalue weighted by Gasteiger charge is 2.28. The van der Waals surface area contributed by atoms with Crippen LogP contribution in [0.15, 0.2) is 54.6 Å². The molecular weight excluding hydrogens is 449 g/mol. The average molecular weight is 481 g/mol. The Kier molecular flexibility index (Phi) is 7.94. The zero-order valence-electron chi connectivity index (χ0n) is 20.3. The van der Waals surface area contributed by atoms with Gasteiger partial charge in [-0.1, -0.05) is 62.7 Å². The summed E-state index contributed by atoms with van der Waals surface area (Å²) in [4.78, 5) is 12.6. The Balaban J connectivity index is 1.39. The summed E-state index contributed by atoms with van der Waals surface area (Å²) in [6, 6.07) is 15.4. The third kappa shape index (κ3) is 5.61. The van der Waals surface area contributed by atoms with Crippen LogP contribution in [0, 0.1) is 17.5 Å². The lowest BCUT2D eigenvalue weighted by Gasteiger charge is -2.29. The maximum Gasteiger partial charge on any atom is 0.341 e. The molecule has 1 fully saturated rings. The smallest absolute Gasteiger partial charge is 0.341 e. The largest absolute Gasteiger partial charge is 0.459 e. The summed E-state index contributed by atoms with van der Waals surface area (Å²) in [5.41, 5.74) is 3.06. The lowest BCUT2D eigenvalue weighted by Crippen LogP contribution is -2.24. The van der Waals surface area contributed by atoms with Gasteiger partial charge in [-0.05, 0) is 78.8 Å². The molecule has 0 aliphatic heterocycles. The Bertz CT molecular complexity index is 1180. The van der Waals surface area contributed by atoms with Crippen LogP contribution in [0.3, 0.4) is 0 Å². The Labute approximate surface area is 205 Å². The van der Waals surface area contributed by atoms with Crippen molar-refractivity contribution in [2.45, 2.75) is 70.8 Å². The molecule has 0 atom stereocenters. The van der Waals surface area contributed by atoms with E-state index in [4.69, 9.17) is 4.74 Å². The first kappa shape index (κ1) is 25.0. The topological polar surface area (TPSA) is 26.3 Å². The van der Waals surface area contributed by atoms with E-state index in [0.717, 1.165) is 48.8 Å². The van der Waals surface area contributed by atoms with Crippen LogP contribution in [-0.4, -0.2) is 12.1 Å². The van der Waals surface area contributed by atoms with Crippen LogP contribution >= 0.6 is 0 Å². The summed E-state index contributed by atoms with van der Waals surface area (Å²) in [7, 11) is 0. The summed E-state index contributed by atoms with van der Waals surface area (Å²) >= 11 is 0. The molecule has 0 amide bonds. The van der Waals surface area contributed by atoms with Crippen LogP contribution in [0.2, 0.25) is 0 Å². The fraction of sp³-hybridized carbons (Fsp3) is 0.367. The van der Waals surface area contributed by atoms with Crippen LogP contribution in [0.1, 0.15) is 78.9 Å². The molecule has 0 radical (unpaired) electrons. The molecule has 0 bridgehead atoms. The van der Waals surface area contributed by atoms with Crippen LogP contribution in [0.4, 0.5) is 13.2 Å². The van der Waals surface area contributed by atoms with Gasteiger partial charge in [-0.25, -0.2) is 18.0 Å². The third-order valence-electron chi connectivity index (χ3n) is 6.99. The minimum absolute atomic E-state index is 0.111. The lowest BCUT2D eigenvalue weighted by atomic mass is 9.82. The van der Waals surface area contributed by atoms with E-state index in [-0.39, 0.29) is 23.4 Å². The number of hydrogen-bond acceptors (Lipinski definition) is 2. The number of benzene rings is 3. The van der Waals surface area contributed by atoms with Gasteiger partial charge in [0.05, 0.1) is 5.56 Å². The molecule has 184 valence electrons. The predicted molar refractivity (Wildman–Crippen MR) is 132 cm³/mol. The van der Waals surface area contributed by atoms with Gasteiger partial charge in [0.15, 0.2) is 11.6 Å². The lowest BCUT2D eigenvalue weighted by molar-refractivity contribution is 0.0189. The molecule has 3 aromatic carbocycles. The van der Waals surface area contributed by atoms with E-state index in [1.54, 1.807) is 18.2 Å². The monoisotopic (exact) mass is 480 g/mol. The van der Waals surface area contributed by atoms with E-state index in [1.807, 2.05) is 38.1 Å². The number of carbonyl (C=O) groups is 1. The van der Waals surface area contributed by atoms with Crippen molar-refractivity contribution in [1.82, 2.24) is 0 Å². The Morgan fingerprint density at radius 1 is 0.886 bits per heavy atom. The van der Waals surface area contributed by atoms with E-state index in [2.05, 4.69) is 0 Å². The molecule has 4 rings (SSSR count). The predicted octanol–water partition coefficient (Wildman–Crippen LogP) is 8.17. The maximum absolute atomic E-state index is 14.8. The molecule has 1 aliphatic carbocycles. The molecule has 5 heteroatoms. The van der Waals surface area contributed by atoms with Crippen molar-refractivity contribution in [3.05, 3.63) is 94.3 Å². The number of esters is 1. The van der Waals surface area contributed by atoms with E-state index >= 15 is 0 Å². The first-order chi connectivity index (χ1) is 16.9. The highest BCUT2D eigenvalue weighted by Crippen LogP contribution is 2.35. The first-order valence-corrected chi connectivity index (χ1v) is 12.5. The van der Waals surface area contributed by atoms with Crippen LogP contribution in [0.25, 0.3) is 11.1 Å². The number of halogens is 3. The quantitative estimate of drug-likeness (QED) is 0.319. The minimum atomic E-state index is -1.19. The normalized spacial score (nSPS) is 17.9. The Morgan fingerprint density at radius 3 is 2.23 bits per heavy atom. The highest BCUT2D eigenvalue weighted by molar-refractivity contribution is 5.90. The molecule has 35 heavy (non-hydrogen) atoms. The van der Waals surface area contributed by atoms with Gasteiger partial charge in [-0.3, -0.25) is 0 Å². The fourth-order valence-electron chi connectivity index (χ4n) is 4.87. The zero-order valence-corrected chi connectivity index (χ0v) is 20.3. The fourth-order valence-corrected chi connectivity index (χ4v) is 4.87. The second kappa shape index (κ2) is 11.1. The summed E-state index contributed by atoms with van der Waals surface area (Å²) in [5.74, 6) is -3.07. The van der Waals surface area contributed by atoms with Crippen LogP contribution in [0.5, 0.6) is 0 Å². The number of carbonyl (C=O) groups excluding carboxylic acids is 1. The molecule has 0 saturated heterocycles. The second-order valence-corrected chi connectivity index (χ2v) is 9.32. The minimum Gasteiger partial charge on any atom is -0.459 e. The van der Waals surface area contributed by atoms with Gasteiger partial charge in [0.1, 0.15) is 11.9 Å². The molecule has 0 aromatic heterocycles. The van der Waals surface area contributed by atoms with Crippen LogP contribution < -0.4 is 0 Å². The van der Waals surface area contributed by atoms with Crippen molar-refractivity contribution in [3.8, 4) is 11.1 Å². The van der Waals surface area contributed by atoms with Gasteiger partial charge in [0, 0.05) is 5.56 Å². The van der Waals surface area contributed by atoms with Crippen molar-refractivity contribution in [2.24, 2.45) is 0 Å². The Morgan fingerprint density at radius 2 is 1.60 bits per heavy atom. The molecule has 0 N–H and O–H groups in total. The third-order valence-corrected chi connectivity index (χ3v) is 6.99. The van der Waals surface area contributed by atoms with Gasteiger partial charge < -0.3 is 4.74 Å². The van der Waals surface area contributed by atoms with E-state index in [9.17, 15) is 18.0 Å².